The number of fused-ring (bicyclic) bond motifs is 1. The minimum absolute atomic E-state index is 0.0102. The number of aromatic nitrogens is 2. The van der Waals surface area contributed by atoms with Crippen molar-refractivity contribution in [2.45, 2.75) is 72.6 Å². The summed E-state index contributed by atoms with van der Waals surface area (Å²) < 4.78 is 0. The number of para-hydroxylation sites is 1. The van der Waals surface area contributed by atoms with E-state index in [1.165, 1.54) is 0 Å². The Morgan fingerprint density at radius 1 is 1.20 bits per heavy atom. The molecule has 5 N–H and O–H groups in total. The van der Waals surface area contributed by atoms with E-state index in [1.54, 1.807) is 6.07 Å². The molecule has 0 saturated heterocycles. The maximum Gasteiger partial charge on any atom is 0.237 e. The number of hydrogen-bond acceptors (Lipinski definition) is 5. The van der Waals surface area contributed by atoms with Gasteiger partial charge in [-0.15, -0.1) is 0 Å². The van der Waals surface area contributed by atoms with Crippen molar-refractivity contribution >= 4 is 22.7 Å². The second-order valence-electron chi connectivity index (χ2n) is 8.53. The van der Waals surface area contributed by atoms with Gasteiger partial charge in [-0.1, -0.05) is 47.1 Å². The molecule has 7 heteroatoms. The Kier molecular flexibility index (Phi) is 8.55. The molecule has 30 heavy (non-hydrogen) atoms. The number of aromatic amines is 1. The van der Waals surface area contributed by atoms with Crippen LogP contribution in [-0.4, -0.2) is 38.9 Å². The van der Waals surface area contributed by atoms with Gasteiger partial charge in [-0.2, -0.15) is 0 Å². The number of ketones is 1. The Hall–Kier alpha value is -2.25. The van der Waals surface area contributed by atoms with Crippen LogP contribution in [0.15, 0.2) is 18.2 Å². The average molecular weight is 417 g/mol. The van der Waals surface area contributed by atoms with Crippen molar-refractivity contribution in [2.24, 2.45) is 23.5 Å². The van der Waals surface area contributed by atoms with E-state index in [1.807, 2.05) is 46.8 Å². The van der Waals surface area contributed by atoms with E-state index in [9.17, 15) is 14.7 Å². The lowest BCUT2D eigenvalue weighted by Crippen LogP contribution is -2.44. The van der Waals surface area contributed by atoms with E-state index in [2.05, 4.69) is 15.3 Å². The molecule has 2 rings (SSSR count). The number of nitrogens with one attached hydrogen (secondary N) is 2. The van der Waals surface area contributed by atoms with Gasteiger partial charge in [0.1, 0.15) is 5.82 Å². The van der Waals surface area contributed by atoms with Crippen LogP contribution >= 0.6 is 0 Å². The standard InChI is InChI=1S/C23H36N4O3/c1-6-14(5)20(24)23(30)25-12-19-26-18-10-8-9-16(21(18)27-19)22(29)17(13(3)4)11-15(28)7-2/h8-10,13-15,17,20,28H,6-7,11-12,24H2,1-5H3,(H,25,30)(H,26,27)/t14-,15-,17?,20-/m0/s1. The zero-order valence-corrected chi connectivity index (χ0v) is 18.7. The number of nitrogens with two attached hydrogens (primary N) is 1. The van der Waals surface area contributed by atoms with Gasteiger partial charge in [-0.05, 0) is 36.8 Å². The summed E-state index contributed by atoms with van der Waals surface area (Å²) in [6, 6.07) is 4.90. The Morgan fingerprint density at radius 2 is 1.90 bits per heavy atom. The molecule has 0 spiro atoms. The zero-order chi connectivity index (χ0) is 22.4. The summed E-state index contributed by atoms with van der Waals surface area (Å²) in [6.45, 7) is 10.1. The molecule has 0 aliphatic heterocycles. The number of amides is 1. The maximum absolute atomic E-state index is 13.3. The molecule has 0 fully saturated rings. The number of carbonyl (C=O) groups is 2. The number of rotatable bonds is 11. The summed E-state index contributed by atoms with van der Waals surface area (Å²) in [6.07, 6.45) is 1.38. The molecular formula is C23H36N4O3. The molecular weight excluding hydrogens is 380 g/mol. The average Bonchev–Trinajstić information content (AvgIpc) is 3.16. The monoisotopic (exact) mass is 416 g/mol. The third kappa shape index (κ3) is 5.67. The summed E-state index contributed by atoms with van der Waals surface area (Å²) in [5.74, 6) is 0.270. The van der Waals surface area contributed by atoms with Crippen molar-refractivity contribution in [1.82, 2.24) is 15.3 Å². The molecule has 1 unspecified atom stereocenters. The van der Waals surface area contributed by atoms with E-state index >= 15 is 0 Å². The van der Waals surface area contributed by atoms with Crippen molar-refractivity contribution in [1.29, 1.82) is 0 Å². The van der Waals surface area contributed by atoms with Gasteiger partial charge in [0.15, 0.2) is 5.78 Å². The van der Waals surface area contributed by atoms with E-state index in [0.717, 1.165) is 11.9 Å². The first-order valence-electron chi connectivity index (χ1n) is 10.9. The summed E-state index contributed by atoms with van der Waals surface area (Å²) in [7, 11) is 0. The molecule has 0 radical (unpaired) electrons. The highest BCUT2D eigenvalue weighted by Crippen LogP contribution is 2.27. The third-order valence-electron chi connectivity index (χ3n) is 5.96. The summed E-state index contributed by atoms with van der Waals surface area (Å²) in [4.78, 5) is 33.3. The highest BCUT2D eigenvalue weighted by Gasteiger charge is 2.28. The van der Waals surface area contributed by atoms with Gasteiger partial charge in [0.25, 0.3) is 0 Å². The Bertz CT molecular complexity index is 861. The smallest absolute Gasteiger partial charge is 0.237 e. The van der Waals surface area contributed by atoms with Crippen LogP contribution in [0.1, 0.15) is 70.1 Å². The number of nitrogens with zero attached hydrogens (tertiary/aromatic N) is 1. The van der Waals surface area contributed by atoms with E-state index < -0.39 is 12.1 Å². The lowest BCUT2D eigenvalue weighted by atomic mass is 9.83. The largest absolute Gasteiger partial charge is 0.393 e. The van der Waals surface area contributed by atoms with Gasteiger partial charge in [-0.25, -0.2) is 4.98 Å². The molecule has 0 aliphatic rings. The Balaban J connectivity index is 2.22. The Labute approximate surface area is 178 Å². The number of hydrogen-bond donors (Lipinski definition) is 4. The molecule has 1 aromatic carbocycles. The van der Waals surface area contributed by atoms with Crippen molar-refractivity contribution in [3.05, 3.63) is 29.6 Å². The summed E-state index contributed by atoms with van der Waals surface area (Å²) >= 11 is 0. The second kappa shape index (κ2) is 10.7. The van der Waals surface area contributed by atoms with Crippen LogP contribution in [0.3, 0.4) is 0 Å². The lowest BCUT2D eigenvalue weighted by molar-refractivity contribution is -0.123. The molecule has 4 atom stereocenters. The zero-order valence-electron chi connectivity index (χ0n) is 18.7. The summed E-state index contributed by atoms with van der Waals surface area (Å²) in [5, 5.41) is 12.9. The molecule has 1 amide bonds. The van der Waals surface area contributed by atoms with Crippen LogP contribution in [0.4, 0.5) is 0 Å². The first-order valence-corrected chi connectivity index (χ1v) is 10.9. The van der Waals surface area contributed by atoms with Gasteiger partial charge in [0, 0.05) is 11.5 Å². The van der Waals surface area contributed by atoms with E-state index in [0.29, 0.717) is 29.7 Å². The van der Waals surface area contributed by atoms with Crippen molar-refractivity contribution in [3.8, 4) is 0 Å². The third-order valence-corrected chi connectivity index (χ3v) is 5.96. The first kappa shape index (κ1) is 24.0. The number of benzene rings is 1. The van der Waals surface area contributed by atoms with E-state index in [4.69, 9.17) is 5.73 Å². The van der Waals surface area contributed by atoms with Gasteiger partial charge >= 0.3 is 0 Å². The predicted octanol–water partition coefficient (Wildman–Crippen LogP) is 3.17. The number of Topliss-reactive ketones (excluding diaryl/α,β-unsaturated/α-hetero) is 1. The molecule has 1 heterocycles. The molecule has 1 aromatic heterocycles. The van der Waals surface area contributed by atoms with Crippen LogP contribution in [0, 0.1) is 17.8 Å². The lowest BCUT2D eigenvalue weighted by Gasteiger charge is -2.22. The minimum Gasteiger partial charge on any atom is -0.393 e. The van der Waals surface area contributed by atoms with Crippen LogP contribution in [-0.2, 0) is 11.3 Å². The topological polar surface area (TPSA) is 121 Å². The van der Waals surface area contributed by atoms with Gasteiger partial charge in [0.05, 0.1) is 29.7 Å². The van der Waals surface area contributed by atoms with Crippen LogP contribution < -0.4 is 11.1 Å². The van der Waals surface area contributed by atoms with Crippen molar-refractivity contribution in [3.63, 3.8) is 0 Å². The number of carbonyl (C=O) groups excluding carboxylic acids is 2. The number of H-pyrrole nitrogens is 1. The maximum atomic E-state index is 13.3. The molecule has 2 aromatic rings. The molecule has 7 nitrogen and oxygen atoms in total. The van der Waals surface area contributed by atoms with Crippen molar-refractivity contribution in [2.75, 3.05) is 0 Å². The fourth-order valence-electron chi connectivity index (χ4n) is 3.51. The molecule has 0 aliphatic carbocycles. The second-order valence-corrected chi connectivity index (χ2v) is 8.53. The van der Waals surface area contributed by atoms with Gasteiger partial charge in [-0.3, -0.25) is 9.59 Å². The van der Waals surface area contributed by atoms with Crippen LogP contribution in [0.2, 0.25) is 0 Å². The number of aliphatic hydroxyl groups excluding tert-OH is 1. The highest BCUT2D eigenvalue weighted by molar-refractivity contribution is 6.07. The van der Waals surface area contributed by atoms with Crippen LogP contribution in [0.25, 0.3) is 11.0 Å². The quantitative estimate of drug-likeness (QED) is 0.419. The SMILES string of the molecule is CC[C@H](O)CC(C(=O)c1cccc2[nH]c(CNC(=O)[C@@H](N)[C@@H](C)CC)nc12)C(C)C. The number of aliphatic hydroxyl groups is 1. The molecule has 166 valence electrons. The predicted molar refractivity (Wildman–Crippen MR) is 119 cm³/mol. The summed E-state index contributed by atoms with van der Waals surface area (Å²) in [5.41, 5.74) is 7.86. The van der Waals surface area contributed by atoms with Crippen LogP contribution in [0.5, 0.6) is 0 Å². The fraction of sp³-hybridized carbons (Fsp3) is 0.609. The first-order chi connectivity index (χ1) is 14.2. The van der Waals surface area contributed by atoms with Gasteiger partial charge < -0.3 is 21.1 Å². The highest BCUT2D eigenvalue weighted by atomic mass is 16.3. The minimum atomic E-state index is -0.562. The number of imidazole rings is 1. The molecule has 0 bridgehead atoms. The Morgan fingerprint density at radius 3 is 2.50 bits per heavy atom. The normalized spacial score (nSPS) is 15.7. The molecule has 0 saturated carbocycles. The van der Waals surface area contributed by atoms with E-state index in [-0.39, 0.29) is 36.0 Å². The van der Waals surface area contributed by atoms with Gasteiger partial charge in [0.2, 0.25) is 5.91 Å². The van der Waals surface area contributed by atoms with Crippen molar-refractivity contribution < 1.29 is 14.7 Å². The fourth-order valence-corrected chi connectivity index (χ4v) is 3.51.